The first-order valence-corrected chi connectivity index (χ1v) is 4.10. The van der Waals surface area contributed by atoms with Gasteiger partial charge in [0.15, 0.2) is 6.29 Å². The predicted octanol–water partition coefficient (Wildman–Crippen LogP) is -1.19. The molecule has 13 heavy (non-hydrogen) atoms. The van der Waals surface area contributed by atoms with Crippen LogP contribution in [0.25, 0.3) is 0 Å². The Labute approximate surface area is 77.2 Å². The van der Waals surface area contributed by atoms with Gasteiger partial charge in [0.05, 0.1) is 6.61 Å². The molecule has 5 heteroatoms. The van der Waals surface area contributed by atoms with E-state index in [0.717, 1.165) is 0 Å². The number of aliphatic hydroxyl groups is 3. The molecule has 5 nitrogen and oxygen atoms in total. The van der Waals surface area contributed by atoms with E-state index in [9.17, 15) is 4.79 Å². The van der Waals surface area contributed by atoms with Crippen LogP contribution in [0.15, 0.2) is 0 Å². The highest BCUT2D eigenvalue weighted by atomic mass is 16.5. The average molecular weight is 191 g/mol. The van der Waals surface area contributed by atoms with Crippen molar-refractivity contribution in [3.8, 4) is 0 Å². The minimum atomic E-state index is -1.66. The topological polar surface area (TPSA) is 104 Å². The fraction of sp³-hybridized carbons (Fsp3) is 0.875. The van der Waals surface area contributed by atoms with Crippen LogP contribution in [0.1, 0.15) is 20.3 Å². The van der Waals surface area contributed by atoms with Gasteiger partial charge in [-0.15, -0.1) is 0 Å². The van der Waals surface area contributed by atoms with Gasteiger partial charge in [-0.3, -0.25) is 4.79 Å². The quantitative estimate of drug-likeness (QED) is 0.410. The van der Waals surface area contributed by atoms with E-state index in [1.807, 2.05) is 0 Å². The first kappa shape index (κ1) is 12.3. The molecule has 0 aliphatic carbocycles. The Bertz CT molecular complexity index is 183. The Balaban J connectivity index is 4.46. The molecule has 0 aromatic rings. The molecule has 0 radical (unpaired) electrons. The lowest BCUT2D eigenvalue weighted by atomic mass is 9.76. The van der Waals surface area contributed by atoms with Gasteiger partial charge >= 0.3 is 0 Å². The first-order valence-electron chi connectivity index (χ1n) is 4.10. The number of aliphatic hydroxyl groups excluding tert-OH is 2. The Hall–Kier alpha value is -0.650. The molecular weight excluding hydrogens is 174 g/mol. The van der Waals surface area contributed by atoms with Gasteiger partial charge in [0.2, 0.25) is 5.91 Å². The van der Waals surface area contributed by atoms with Crippen LogP contribution >= 0.6 is 0 Å². The molecule has 0 saturated carbocycles. The normalized spacial score (nSPS) is 18.3. The molecule has 0 aliphatic heterocycles. The third-order valence-electron chi connectivity index (χ3n) is 2.56. The molecule has 2 unspecified atom stereocenters. The van der Waals surface area contributed by atoms with Crippen LogP contribution in [0.3, 0.4) is 0 Å². The molecule has 0 aliphatic rings. The highest BCUT2D eigenvalue weighted by molar-refractivity contribution is 5.74. The molecule has 1 amide bonds. The molecule has 0 aromatic carbocycles. The highest BCUT2D eigenvalue weighted by Gasteiger charge is 2.37. The minimum absolute atomic E-state index is 0.0225. The molecule has 5 N–H and O–H groups in total. The zero-order valence-electron chi connectivity index (χ0n) is 7.90. The number of nitrogens with two attached hydrogens (primary N) is 1. The maximum Gasteiger partial charge on any atom is 0.217 e. The van der Waals surface area contributed by atoms with Gasteiger partial charge in [-0.2, -0.15) is 0 Å². The van der Waals surface area contributed by atoms with E-state index >= 15 is 0 Å². The lowest BCUT2D eigenvalue weighted by Crippen LogP contribution is -2.42. The van der Waals surface area contributed by atoms with E-state index in [0.29, 0.717) is 0 Å². The predicted molar refractivity (Wildman–Crippen MR) is 46.4 cm³/mol. The summed E-state index contributed by atoms with van der Waals surface area (Å²) in [5.74, 6) is -0.900. The summed E-state index contributed by atoms with van der Waals surface area (Å²) in [5, 5.41) is 27.0. The Morgan fingerprint density at radius 1 is 1.54 bits per heavy atom. The number of carbonyl (C=O) groups is 1. The van der Waals surface area contributed by atoms with Gasteiger partial charge in [-0.1, -0.05) is 13.8 Å². The average Bonchev–Trinajstić information content (AvgIpc) is 2.01. The number of primary amides is 1. The number of amides is 1. The molecule has 0 rings (SSSR count). The van der Waals surface area contributed by atoms with E-state index in [1.54, 1.807) is 6.92 Å². The van der Waals surface area contributed by atoms with Gasteiger partial charge < -0.3 is 21.1 Å². The maximum atomic E-state index is 10.6. The highest BCUT2D eigenvalue weighted by Crippen LogP contribution is 2.31. The SMILES string of the molecule is CC(CC(N)=O)C(C)(CO)C(O)O. The van der Waals surface area contributed by atoms with E-state index in [4.69, 9.17) is 21.1 Å². The van der Waals surface area contributed by atoms with E-state index in [1.165, 1.54) is 6.92 Å². The van der Waals surface area contributed by atoms with E-state index < -0.39 is 24.2 Å². The van der Waals surface area contributed by atoms with Gasteiger partial charge in [-0.05, 0) is 5.92 Å². The summed E-state index contributed by atoms with van der Waals surface area (Å²) in [6.45, 7) is 2.73. The summed E-state index contributed by atoms with van der Waals surface area (Å²) in [7, 11) is 0. The lowest BCUT2D eigenvalue weighted by Gasteiger charge is -2.34. The maximum absolute atomic E-state index is 10.6. The molecule has 0 spiro atoms. The summed E-state index contributed by atoms with van der Waals surface area (Å²) in [6.07, 6.45) is -1.64. The molecule has 0 bridgehead atoms. The molecule has 0 heterocycles. The second-order valence-corrected chi connectivity index (χ2v) is 3.61. The largest absolute Gasteiger partial charge is 0.396 e. The molecular formula is C8H17NO4. The standard InChI is InChI=1S/C8H17NO4/c1-5(3-6(9)11)8(2,4-10)7(12)13/h5,7,10,12-13H,3-4H2,1-2H3,(H2,9,11). The fourth-order valence-corrected chi connectivity index (χ4v) is 1.03. The molecule has 78 valence electrons. The first-order chi connectivity index (χ1) is 5.84. The third kappa shape index (κ3) is 2.95. The smallest absolute Gasteiger partial charge is 0.217 e. The number of hydrogen-bond donors (Lipinski definition) is 4. The van der Waals surface area contributed by atoms with Crippen molar-refractivity contribution in [2.24, 2.45) is 17.1 Å². The monoisotopic (exact) mass is 191 g/mol. The van der Waals surface area contributed by atoms with Crippen molar-refractivity contribution in [2.45, 2.75) is 26.6 Å². The van der Waals surface area contributed by atoms with Gasteiger partial charge in [0.1, 0.15) is 0 Å². The number of rotatable bonds is 5. The van der Waals surface area contributed by atoms with Gasteiger partial charge in [0.25, 0.3) is 0 Å². The van der Waals surface area contributed by atoms with E-state index in [-0.39, 0.29) is 12.3 Å². The third-order valence-corrected chi connectivity index (χ3v) is 2.56. The molecule has 0 fully saturated rings. The summed E-state index contributed by atoms with van der Waals surface area (Å²) < 4.78 is 0. The summed E-state index contributed by atoms with van der Waals surface area (Å²) in [5.41, 5.74) is 3.86. The minimum Gasteiger partial charge on any atom is -0.396 e. The fourth-order valence-electron chi connectivity index (χ4n) is 1.03. The number of hydrogen-bond acceptors (Lipinski definition) is 4. The zero-order chi connectivity index (χ0) is 10.6. The van der Waals surface area contributed by atoms with Crippen molar-refractivity contribution < 1.29 is 20.1 Å². The van der Waals surface area contributed by atoms with Gasteiger partial charge in [0, 0.05) is 11.8 Å². The van der Waals surface area contributed by atoms with Crippen molar-refractivity contribution in [2.75, 3.05) is 6.61 Å². The summed E-state index contributed by atoms with van der Waals surface area (Å²) in [4.78, 5) is 10.6. The lowest BCUT2D eigenvalue weighted by molar-refractivity contribution is -0.166. The zero-order valence-corrected chi connectivity index (χ0v) is 7.90. The van der Waals surface area contributed by atoms with Crippen molar-refractivity contribution >= 4 is 5.91 Å². The number of carbonyl (C=O) groups excluding carboxylic acids is 1. The molecule has 0 aromatic heterocycles. The van der Waals surface area contributed by atoms with Crippen LogP contribution in [0.4, 0.5) is 0 Å². The van der Waals surface area contributed by atoms with Crippen LogP contribution in [0, 0.1) is 11.3 Å². The van der Waals surface area contributed by atoms with Crippen molar-refractivity contribution in [1.29, 1.82) is 0 Å². The Morgan fingerprint density at radius 3 is 2.23 bits per heavy atom. The van der Waals surface area contributed by atoms with Gasteiger partial charge in [-0.25, -0.2) is 0 Å². The molecule has 2 atom stereocenters. The van der Waals surface area contributed by atoms with Crippen LogP contribution in [0.5, 0.6) is 0 Å². The van der Waals surface area contributed by atoms with Crippen LogP contribution < -0.4 is 5.73 Å². The van der Waals surface area contributed by atoms with Crippen molar-refractivity contribution in [3.63, 3.8) is 0 Å². The van der Waals surface area contributed by atoms with Crippen LogP contribution in [-0.2, 0) is 4.79 Å². The Morgan fingerprint density at radius 2 is 2.00 bits per heavy atom. The van der Waals surface area contributed by atoms with Crippen LogP contribution in [0.2, 0.25) is 0 Å². The summed E-state index contributed by atoms with van der Waals surface area (Å²) >= 11 is 0. The summed E-state index contributed by atoms with van der Waals surface area (Å²) in [6, 6.07) is 0. The second-order valence-electron chi connectivity index (χ2n) is 3.61. The second kappa shape index (κ2) is 4.55. The van der Waals surface area contributed by atoms with Crippen LogP contribution in [-0.4, -0.2) is 34.1 Å². The van der Waals surface area contributed by atoms with Crippen molar-refractivity contribution in [3.05, 3.63) is 0 Å². The van der Waals surface area contributed by atoms with E-state index in [2.05, 4.69) is 0 Å². The molecule has 0 saturated heterocycles. The Kier molecular flexibility index (Phi) is 4.32. The van der Waals surface area contributed by atoms with Crippen molar-refractivity contribution in [1.82, 2.24) is 0 Å².